The minimum Gasteiger partial charge on any atom is -0.396 e. The molecular formula is C10H21NO2. The van der Waals surface area contributed by atoms with Gasteiger partial charge in [-0.15, -0.1) is 0 Å². The van der Waals surface area contributed by atoms with Crippen LogP contribution in [-0.2, 0) is 4.74 Å². The number of hydrogen-bond donors (Lipinski definition) is 1. The van der Waals surface area contributed by atoms with Crippen LogP contribution in [0.3, 0.4) is 0 Å². The van der Waals surface area contributed by atoms with Crippen molar-refractivity contribution >= 4 is 0 Å². The maximum atomic E-state index is 9.26. The number of nitrogens with zero attached hydrogens (tertiary/aromatic N) is 1. The number of morpholine rings is 1. The van der Waals surface area contributed by atoms with Crippen LogP contribution in [0.2, 0.25) is 0 Å². The molecule has 3 heteroatoms. The van der Waals surface area contributed by atoms with Crippen molar-refractivity contribution in [3.63, 3.8) is 0 Å². The Morgan fingerprint density at radius 1 is 1.38 bits per heavy atom. The maximum Gasteiger partial charge on any atom is 0.0594 e. The molecule has 0 bridgehead atoms. The third kappa shape index (κ3) is 3.25. The van der Waals surface area contributed by atoms with Crippen molar-refractivity contribution in [2.24, 2.45) is 5.41 Å². The molecule has 1 N–H and O–H groups in total. The lowest BCUT2D eigenvalue weighted by atomic mass is 9.88. The van der Waals surface area contributed by atoms with E-state index >= 15 is 0 Å². The Bertz CT molecular complexity index is 140. The van der Waals surface area contributed by atoms with Crippen LogP contribution in [0.4, 0.5) is 0 Å². The third-order valence-corrected chi connectivity index (χ3v) is 2.94. The fourth-order valence-electron chi connectivity index (χ4n) is 1.57. The second-order valence-corrected chi connectivity index (χ2v) is 4.21. The van der Waals surface area contributed by atoms with Crippen LogP contribution in [0.25, 0.3) is 0 Å². The van der Waals surface area contributed by atoms with Crippen molar-refractivity contribution in [2.45, 2.75) is 20.3 Å². The zero-order valence-corrected chi connectivity index (χ0v) is 8.75. The van der Waals surface area contributed by atoms with Gasteiger partial charge >= 0.3 is 0 Å². The van der Waals surface area contributed by atoms with Gasteiger partial charge in [0, 0.05) is 31.7 Å². The molecule has 0 radical (unpaired) electrons. The van der Waals surface area contributed by atoms with Gasteiger partial charge in [0.1, 0.15) is 0 Å². The highest BCUT2D eigenvalue weighted by atomic mass is 16.5. The molecule has 0 aliphatic carbocycles. The smallest absolute Gasteiger partial charge is 0.0594 e. The number of aliphatic hydroxyl groups is 1. The minimum atomic E-state index is 0.0668. The Balaban J connectivity index is 2.35. The first-order valence-electron chi connectivity index (χ1n) is 5.11. The Morgan fingerprint density at radius 2 is 2.00 bits per heavy atom. The highest BCUT2D eigenvalue weighted by molar-refractivity contribution is 4.77. The molecule has 1 atom stereocenters. The maximum absolute atomic E-state index is 9.26. The van der Waals surface area contributed by atoms with E-state index in [0.29, 0.717) is 0 Å². The van der Waals surface area contributed by atoms with E-state index in [4.69, 9.17) is 4.74 Å². The molecule has 1 saturated heterocycles. The molecule has 1 aliphatic rings. The normalized spacial score (nSPS) is 24.2. The van der Waals surface area contributed by atoms with Crippen LogP contribution in [0.1, 0.15) is 20.3 Å². The second kappa shape index (κ2) is 4.94. The van der Waals surface area contributed by atoms with E-state index in [9.17, 15) is 5.11 Å². The van der Waals surface area contributed by atoms with Crippen LogP contribution >= 0.6 is 0 Å². The molecular weight excluding hydrogens is 166 g/mol. The summed E-state index contributed by atoms with van der Waals surface area (Å²) in [5.41, 5.74) is 0.0668. The summed E-state index contributed by atoms with van der Waals surface area (Å²) in [6.45, 7) is 9.24. The fraction of sp³-hybridized carbons (Fsp3) is 1.00. The van der Waals surface area contributed by atoms with Gasteiger partial charge in [-0.2, -0.15) is 0 Å². The van der Waals surface area contributed by atoms with E-state index in [1.807, 2.05) is 0 Å². The third-order valence-electron chi connectivity index (χ3n) is 2.94. The number of hydrogen-bond acceptors (Lipinski definition) is 3. The first kappa shape index (κ1) is 11.0. The van der Waals surface area contributed by atoms with E-state index < -0.39 is 0 Å². The highest BCUT2D eigenvalue weighted by Gasteiger charge is 2.25. The average Bonchev–Trinajstić information content (AvgIpc) is 2.19. The number of ether oxygens (including phenoxy) is 1. The molecule has 1 heterocycles. The molecule has 1 rings (SSSR count). The lowest BCUT2D eigenvalue weighted by Crippen LogP contribution is -2.43. The summed E-state index contributed by atoms with van der Waals surface area (Å²) in [6.07, 6.45) is 1.03. The zero-order valence-electron chi connectivity index (χ0n) is 8.75. The standard InChI is InChI=1S/C10H21NO2/c1-3-10(2,9-12)8-11-4-6-13-7-5-11/h12H,3-9H2,1-2H3. The Kier molecular flexibility index (Phi) is 4.16. The SMILES string of the molecule is CCC(C)(CO)CN1CCOCC1. The van der Waals surface area contributed by atoms with Gasteiger partial charge in [0.2, 0.25) is 0 Å². The molecule has 1 aliphatic heterocycles. The van der Waals surface area contributed by atoms with E-state index in [1.165, 1.54) is 0 Å². The molecule has 0 spiro atoms. The summed E-state index contributed by atoms with van der Waals surface area (Å²) in [7, 11) is 0. The van der Waals surface area contributed by atoms with E-state index in [0.717, 1.165) is 39.3 Å². The van der Waals surface area contributed by atoms with Gasteiger partial charge in [-0.05, 0) is 6.42 Å². The first-order valence-corrected chi connectivity index (χ1v) is 5.11. The van der Waals surface area contributed by atoms with Crippen LogP contribution in [0, 0.1) is 5.41 Å². The first-order chi connectivity index (χ1) is 6.20. The molecule has 13 heavy (non-hydrogen) atoms. The largest absolute Gasteiger partial charge is 0.396 e. The molecule has 0 aromatic heterocycles. The summed E-state index contributed by atoms with van der Waals surface area (Å²) in [5.74, 6) is 0. The summed E-state index contributed by atoms with van der Waals surface area (Å²) in [6, 6.07) is 0. The highest BCUT2D eigenvalue weighted by Crippen LogP contribution is 2.21. The molecule has 0 aromatic carbocycles. The molecule has 0 aromatic rings. The van der Waals surface area contributed by atoms with E-state index in [1.54, 1.807) is 0 Å². The lowest BCUT2D eigenvalue weighted by Gasteiger charge is -2.35. The Labute approximate surface area is 80.7 Å². The molecule has 1 fully saturated rings. The van der Waals surface area contributed by atoms with Gasteiger partial charge in [0.15, 0.2) is 0 Å². The van der Waals surface area contributed by atoms with Crippen LogP contribution in [0.5, 0.6) is 0 Å². The van der Waals surface area contributed by atoms with Crippen LogP contribution in [0.15, 0.2) is 0 Å². The van der Waals surface area contributed by atoms with Crippen molar-refractivity contribution in [2.75, 3.05) is 39.5 Å². The van der Waals surface area contributed by atoms with Crippen molar-refractivity contribution in [3.05, 3.63) is 0 Å². The van der Waals surface area contributed by atoms with Gasteiger partial charge < -0.3 is 9.84 Å². The minimum absolute atomic E-state index is 0.0668. The van der Waals surface area contributed by atoms with Gasteiger partial charge in [-0.25, -0.2) is 0 Å². The van der Waals surface area contributed by atoms with Gasteiger partial charge in [-0.1, -0.05) is 13.8 Å². The quantitative estimate of drug-likeness (QED) is 0.704. The number of rotatable bonds is 4. The molecule has 0 amide bonds. The summed E-state index contributed by atoms with van der Waals surface area (Å²) in [4.78, 5) is 2.38. The Morgan fingerprint density at radius 3 is 2.46 bits per heavy atom. The van der Waals surface area contributed by atoms with Gasteiger partial charge in [-0.3, -0.25) is 4.90 Å². The monoisotopic (exact) mass is 187 g/mol. The Hall–Kier alpha value is -0.120. The summed E-state index contributed by atoms with van der Waals surface area (Å²) in [5, 5.41) is 9.26. The summed E-state index contributed by atoms with van der Waals surface area (Å²) >= 11 is 0. The van der Waals surface area contributed by atoms with Crippen molar-refractivity contribution < 1.29 is 9.84 Å². The van der Waals surface area contributed by atoms with Crippen molar-refractivity contribution in [1.82, 2.24) is 4.90 Å². The van der Waals surface area contributed by atoms with Gasteiger partial charge in [0.25, 0.3) is 0 Å². The second-order valence-electron chi connectivity index (χ2n) is 4.21. The average molecular weight is 187 g/mol. The topological polar surface area (TPSA) is 32.7 Å². The molecule has 78 valence electrons. The predicted octanol–water partition coefficient (Wildman–Crippen LogP) is 0.727. The van der Waals surface area contributed by atoms with Crippen LogP contribution < -0.4 is 0 Å². The lowest BCUT2D eigenvalue weighted by molar-refractivity contribution is 0.00531. The molecule has 3 nitrogen and oxygen atoms in total. The van der Waals surface area contributed by atoms with Crippen molar-refractivity contribution in [1.29, 1.82) is 0 Å². The predicted molar refractivity (Wildman–Crippen MR) is 52.7 cm³/mol. The van der Waals surface area contributed by atoms with E-state index in [-0.39, 0.29) is 12.0 Å². The number of aliphatic hydroxyl groups excluding tert-OH is 1. The summed E-state index contributed by atoms with van der Waals surface area (Å²) < 4.78 is 5.28. The fourth-order valence-corrected chi connectivity index (χ4v) is 1.57. The van der Waals surface area contributed by atoms with Crippen LogP contribution in [-0.4, -0.2) is 49.5 Å². The van der Waals surface area contributed by atoms with Crippen molar-refractivity contribution in [3.8, 4) is 0 Å². The van der Waals surface area contributed by atoms with E-state index in [2.05, 4.69) is 18.7 Å². The molecule has 0 saturated carbocycles. The zero-order chi connectivity index (χ0) is 9.73. The van der Waals surface area contributed by atoms with Gasteiger partial charge in [0.05, 0.1) is 13.2 Å². The molecule has 1 unspecified atom stereocenters.